The lowest BCUT2D eigenvalue weighted by molar-refractivity contribution is 0.241. The number of hydrogen-bond donors (Lipinski definition) is 2. The van der Waals surface area contributed by atoms with Gasteiger partial charge in [-0.1, -0.05) is 23.8 Å². The third-order valence-corrected chi connectivity index (χ3v) is 4.59. The number of methoxy groups -OCH3 is 2. The third-order valence-electron chi connectivity index (χ3n) is 3.58. The van der Waals surface area contributed by atoms with Gasteiger partial charge in [-0.25, -0.2) is 4.79 Å². The van der Waals surface area contributed by atoms with Gasteiger partial charge in [0.2, 0.25) is 0 Å². The quantitative estimate of drug-likeness (QED) is 0.558. The average molecular weight is 360 g/mol. The first-order chi connectivity index (χ1) is 12.1. The van der Waals surface area contributed by atoms with Crippen molar-refractivity contribution in [1.29, 1.82) is 0 Å². The van der Waals surface area contributed by atoms with Crippen molar-refractivity contribution in [2.75, 3.05) is 26.5 Å². The molecule has 0 aromatic heterocycles. The SMILES string of the molecule is COc1ccc(CNC(=O)NCCSc2ccc(C)cc2)cc1OC. The van der Waals surface area contributed by atoms with Crippen LogP contribution < -0.4 is 20.1 Å². The molecule has 2 N–H and O–H groups in total. The molecular formula is C19H24N2O3S. The summed E-state index contributed by atoms with van der Waals surface area (Å²) >= 11 is 1.72. The van der Waals surface area contributed by atoms with Gasteiger partial charge in [-0.2, -0.15) is 0 Å². The molecule has 0 saturated heterocycles. The maximum Gasteiger partial charge on any atom is 0.315 e. The number of benzene rings is 2. The van der Waals surface area contributed by atoms with Gasteiger partial charge in [0.25, 0.3) is 0 Å². The molecule has 0 bridgehead atoms. The van der Waals surface area contributed by atoms with E-state index in [1.54, 1.807) is 26.0 Å². The van der Waals surface area contributed by atoms with Crippen LogP contribution in [-0.4, -0.2) is 32.5 Å². The lowest BCUT2D eigenvalue weighted by Crippen LogP contribution is -2.36. The van der Waals surface area contributed by atoms with Crippen molar-refractivity contribution in [3.05, 3.63) is 53.6 Å². The molecule has 0 unspecified atom stereocenters. The summed E-state index contributed by atoms with van der Waals surface area (Å²) in [6.07, 6.45) is 0. The fraction of sp³-hybridized carbons (Fsp3) is 0.316. The Labute approximate surface area is 153 Å². The highest BCUT2D eigenvalue weighted by molar-refractivity contribution is 7.99. The number of carbonyl (C=O) groups is 1. The highest BCUT2D eigenvalue weighted by Crippen LogP contribution is 2.27. The molecule has 0 saturated carbocycles. The van der Waals surface area contributed by atoms with Gasteiger partial charge in [-0.15, -0.1) is 11.8 Å². The molecule has 0 radical (unpaired) electrons. The van der Waals surface area contributed by atoms with Gasteiger partial charge >= 0.3 is 6.03 Å². The average Bonchev–Trinajstić information content (AvgIpc) is 2.64. The van der Waals surface area contributed by atoms with E-state index < -0.39 is 0 Å². The molecule has 0 heterocycles. The van der Waals surface area contributed by atoms with Crippen LogP contribution in [0.1, 0.15) is 11.1 Å². The summed E-state index contributed by atoms with van der Waals surface area (Å²) in [5.41, 5.74) is 2.19. The van der Waals surface area contributed by atoms with E-state index in [9.17, 15) is 4.79 Å². The van der Waals surface area contributed by atoms with Crippen LogP contribution in [0.5, 0.6) is 11.5 Å². The van der Waals surface area contributed by atoms with Gasteiger partial charge < -0.3 is 20.1 Å². The van der Waals surface area contributed by atoms with Gasteiger partial charge in [-0.3, -0.25) is 0 Å². The Morgan fingerprint density at radius 1 is 1.00 bits per heavy atom. The molecular weight excluding hydrogens is 336 g/mol. The predicted octanol–water partition coefficient (Wildman–Crippen LogP) is 3.60. The Bertz CT molecular complexity index is 690. The van der Waals surface area contributed by atoms with Crippen molar-refractivity contribution in [3.63, 3.8) is 0 Å². The first kappa shape index (κ1) is 19.0. The van der Waals surface area contributed by atoms with Crippen LogP contribution in [0, 0.1) is 6.92 Å². The standard InChI is InChI=1S/C19H24N2O3S/c1-14-4-7-16(8-5-14)25-11-10-20-19(22)21-13-15-6-9-17(23-2)18(12-15)24-3/h4-9,12H,10-11,13H2,1-3H3,(H2,20,21,22). The fourth-order valence-corrected chi connectivity index (χ4v) is 2.97. The van der Waals surface area contributed by atoms with E-state index in [4.69, 9.17) is 9.47 Å². The lowest BCUT2D eigenvalue weighted by atomic mass is 10.2. The molecule has 134 valence electrons. The van der Waals surface area contributed by atoms with E-state index in [2.05, 4.69) is 41.8 Å². The largest absolute Gasteiger partial charge is 0.493 e. The minimum absolute atomic E-state index is 0.181. The minimum Gasteiger partial charge on any atom is -0.493 e. The Hall–Kier alpha value is -2.34. The van der Waals surface area contributed by atoms with Gasteiger partial charge in [0.1, 0.15) is 0 Å². The highest BCUT2D eigenvalue weighted by Gasteiger charge is 2.06. The monoisotopic (exact) mass is 360 g/mol. The number of urea groups is 1. The highest BCUT2D eigenvalue weighted by atomic mass is 32.2. The second-order valence-electron chi connectivity index (χ2n) is 5.46. The summed E-state index contributed by atoms with van der Waals surface area (Å²) in [5.74, 6) is 2.15. The molecule has 2 rings (SSSR count). The summed E-state index contributed by atoms with van der Waals surface area (Å²) in [6, 6.07) is 13.8. The van der Waals surface area contributed by atoms with Crippen molar-refractivity contribution >= 4 is 17.8 Å². The zero-order valence-corrected chi connectivity index (χ0v) is 15.6. The molecule has 2 aromatic rings. The molecule has 0 aliphatic rings. The zero-order chi connectivity index (χ0) is 18.1. The first-order valence-electron chi connectivity index (χ1n) is 8.04. The number of nitrogens with one attached hydrogen (secondary N) is 2. The summed E-state index contributed by atoms with van der Waals surface area (Å²) < 4.78 is 10.5. The third kappa shape index (κ3) is 6.23. The molecule has 0 aliphatic heterocycles. The predicted molar refractivity (Wildman–Crippen MR) is 102 cm³/mol. The number of carbonyl (C=O) groups excluding carboxylic acids is 1. The van der Waals surface area contributed by atoms with Crippen LogP contribution >= 0.6 is 11.8 Å². The number of amides is 2. The molecule has 0 fully saturated rings. The second kappa shape index (κ2) is 9.84. The molecule has 0 spiro atoms. The van der Waals surface area contributed by atoms with Gasteiger partial charge in [0, 0.05) is 23.7 Å². The number of thioether (sulfide) groups is 1. The molecule has 25 heavy (non-hydrogen) atoms. The van der Waals surface area contributed by atoms with Crippen molar-refractivity contribution in [1.82, 2.24) is 10.6 Å². The van der Waals surface area contributed by atoms with Gasteiger partial charge in [-0.05, 0) is 36.8 Å². The topological polar surface area (TPSA) is 59.6 Å². The summed E-state index contributed by atoms with van der Waals surface area (Å²) in [4.78, 5) is 13.1. The van der Waals surface area contributed by atoms with Crippen LogP contribution in [0.2, 0.25) is 0 Å². The van der Waals surface area contributed by atoms with Crippen molar-refractivity contribution in [2.45, 2.75) is 18.4 Å². The van der Waals surface area contributed by atoms with Crippen LogP contribution in [0.3, 0.4) is 0 Å². The summed E-state index contributed by atoms with van der Waals surface area (Å²) in [7, 11) is 3.19. The van der Waals surface area contributed by atoms with Crippen LogP contribution in [0.4, 0.5) is 4.79 Å². The smallest absolute Gasteiger partial charge is 0.315 e. The van der Waals surface area contributed by atoms with E-state index >= 15 is 0 Å². The van der Waals surface area contributed by atoms with Gasteiger partial charge in [0.05, 0.1) is 14.2 Å². The number of ether oxygens (including phenoxy) is 2. The Balaban J connectivity index is 1.69. The maximum atomic E-state index is 11.9. The Morgan fingerprint density at radius 2 is 1.72 bits per heavy atom. The Morgan fingerprint density at radius 3 is 2.40 bits per heavy atom. The second-order valence-corrected chi connectivity index (χ2v) is 6.63. The van der Waals surface area contributed by atoms with Crippen LogP contribution in [0.25, 0.3) is 0 Å². The number of rotatable bonds is 8. The summed E-state index contributed by atoms with van der Waals surface area (Å²) in [5, 5.41) is 5.70. The molecule has 5 nitrogen and oxygen atoms in total. The number of aryl methyl sites for hydroxylation is 1. The first-order valence-corrected chi connectivity index (χ1v) is 9.03. The maximum absolute atomic E-state index is 11.9. The number of hydrogen-bond acceptors (Lipinski definition) is 4. The van der Waals surface area contributed by atoms with E-state index in [1.807, 2.05) is 18.2 Å². The van der Waals surface area contributed by atoms with Crippen molar-refractivity contribution < 1.29 is 14.3 Å². The van der Waals surface area contributed by atoms with E-state index in [1.165, 1.54) is 10.5 Å². The van der Waals surface area contributed by atoms with E-state index in [0.717, 1.165) is 11.3 Å². The van der Waals surface area contributed by atoms with E-state index in [0.29, 0.717) is 24.6 Å². The summed E-state index contributed by atoms with van der Waals surface area (Å²) in [6.45, 7) is 3.10. The Kier molecular flexibility index (Phi) is 7.47. The molecule has 0 aliphatic carbocycles. The van der Waals surface area contributed by atoms with Crippen molar-refractivity contribution in [2.24, 2.45) is 0 Å². The lowest BCUT2D eigenvalue weighted by Gasteiger charge is -2.11. The van der Waals surface area contributed by atoms with Crippen molar-refractivity contribution in [3.8, 4) is 11.5 Å². The van der Waals surface area contributed by atoms with Crippen LogP contribution in [0.15, 0.2) is 47.4 Å². The molecule has 0 atom stereocenters. The molecule has 6 heteroatoms. The molecule has 2 amide bonds. The van der Waals surface area contributed by atoms with Crippen LogP contribution in [-0.2, 0) is 6.54 Å². The van der Waals surface area contributed by atoms with E-state index in [-0.39, 0.29) is 6.03 Å². The van der Waals surface area contributed by atoms with Gasteiger partial charge in [0.15, 0.2) is 11.5 Å². The molecule has 2 aromatic carbocycles. The fourth-order valence-electron chi connectivity index (χ4n) is 2.20. The minimum atomic E-state index is -0.181. The zero-order valence-electron chi connectivity index (χ0n) is 14.8. The normalized spacial score (nSPS) is 10.2.